The van der Waals surface area contributed by atoms with Crippen molar-refractivity contribution in [2.45, 2.75) is 28.5 Å². The highest BCUT2D eigenvalue weighted by molar-refractivity contribution is 7.97. The lowest BCUT2D eigenvalue weighted by molar-refractivity contribution is -0.142. The Morgan fingerprint density at radius 3 is 1.63 bits per heavy atom. The Labute approximate surface area is 162 Å². The van der Waals surface area contributed by atoms with E-state index in [9.17, 15) is 9.59 Å². The van der Waals surface area contributed by atoms with Gasteiger partial charge in [0.1, 0.15) is 17.5 Å². The predicted octanol–water partition coefficient (Wildman–Crippen LogP) is 4.91. The maximum atomic E-state index is 12.0. The number of hydrogen-bond donors (Lipinski definition) is 0. The van der Waals surface area contributed by atoms with Crippen molar-refractivity contribution in [2.75, 3.05) is 0 Å². The summed E-state index contributed by atoms with van der Waals surface area (Å²) in [7, 11) is -0.246. The largest absolute Gasteiger partial charge is 0.426 e. The third-order valence-electron chi connectivity index (χ3n) is 4.20. The highest BCUT2D eigenvalue weighted by atomic mass is 32.2. The van der Waals surface area contributed by atoms with Crippen LogP contribution >= 0.6 is 0 Å². The molecule has 136 valence electrons. The van der Waals surface area contributed by atoms with Gasteiger partial charge in [-0.25, -0.2) is 0 Å². The molecule has 3 aromatic rings. The van der Waals surface area contributed by atoms with Crippen LogP contribution in [0.2, 0.25) is 0 Å². The van der Waals surface area contributed by atoms with Gasteiger partial charge in [-0.1, -0.05) is 36.4 Å². The standard InChI is InChI=1S/C23H21O3S/c1-17(18(2)24)23(25)26-19-13-15-22(16-14-19)27(20-9-5-3-6-10-20)21-11-7-4-8-12-21/h3-17H,1-2H3/q+1. The molecule has 1 unspecified atom stereocenters. The summed E-state index contributed by atoms with van der Waals surface area (Å²) >= 11 is 0. The smallest absolute Gasteiger partial charge is 0.321 e. The Bertz CT molecular complexity index is 866. The lowest BCUT2D eigenvalue weighted by atomic mass is 10.1. The van der Waals surface area contributed by atoms with Gasteiger partial charge in [-0.3, -0.25) is 9.59 Å². The van der Waals surface area contributed by atoms with Gasteiger partial charge in [0.2, 0.25) is 0 Å². The van der Waals surface area contributed by atoms with Crippen molar-refractivity contribution < 1.29 is 14.3 Å². The van der Waals surface area contributed by atoms with Crippen LogP contribution in [0.5, 0.6) is 5.75 Å². The zero-order valence-electron chi connectivity index (χ0n) is 15.3. The SMILES string of the molecule is CC(=O)C(C)C(=O)Oc1ccc([S+](c2ccccc2)c2ccccc2)cc1. The molecule has 0 saturated carbocycles. The van der Waals surface area contributed by atoms with Crippen molar-refractivity contribution in [2.24, 2.45) is 5.92 Å². The van der Waals surface area contributed by atoms with E-state index in [4.69, 9.17) is 4.74 Å². The van der Waals surface area contributed by atoms with Crippen LogP contribution in [0.3, 0.4) is 0 Å². The first-order valence-corrected chi connectivity index (χ1v) is 9.95. The molecule has 0 heterocycles. The lowest BCUT2D eigenvalue weighted by Crippen LogP contribution is -2.23. The van der Waals surface area contributed by atoms with Gasteiger partial charge in [0.15, 0.2) is 14.7 Å². The predicted molar refractivity (Wildman–Crippen MR) is 107 cm³/mol. The fourth-order valence-electron chi connectivity index (χ4n) is 2.54. The number of esters is 1. The quantitative estimate of drug-likeness (QED) is 0.265. The third-order valence-corrected chi connectivity index (χ3v) is 6.43. The summed E-state index contributed by atoms with van der Waals surface area (Å²) in [6.45, 7) is 2.95. The van der Waals surface area contributed by atoms with E-state index in [0.717, 1.165) is 4.90 Å². The summed E-state index contributed by atoms with van der Waals surface area (Å²) < 4.78 is 5.33. The van der Waals surface area contributed by atoms with Gasteiger partial charge < -0.3 is 4.74 Å². The van der Waals surface area contributed by atoms with E-state index in [2.05, 4.69) is 24.3 Å². The van der Waals surface area contributed by atoms with Crippen molar-refractivity contribution in [3.63, 3.8) is 0 Å². The molecule has 0 aromatic heterocycles. The Balaban J connectivity index is 1.88. The molecular weight excluding hydrogens is 356 g/mol. The van der Waals surface area contributed by atoms with Gasteiger partial charge in [-0.15, -0.1) is 0 Å². The Hall–Kier alpha value is -2.85. The average molecular weight is 377 g/mol. The average Bonchev–Trinajstić information content (AvgIpc) is 2.70. The molecule has 0 N–H and O–H groups in total. The number of Topliss-reactive ketones (excluding diaryl/α,β-unsaturated/α-hetero) is 1. The van der Waals surface area contributed by atoms with Gasteiger partial charge in [0.05, 0.1) is 10.9 Å². The fraction of sp³-hybridized carbons (Fsp3) is 0.130. The number of benzene rings is 3. The first kappa shape index (κ1) is 18.9. The second kappa shape index (κ2) is 8.69. The lowest BCUT2D eigenvalue weighted by Gasteiger charge is -2.10. The molecule has 0 bridgehead atoms. The first-order valence-electron chi connectivity index (χ1n) is 8.73. The summed E-state index contributed by atoms with van der Waals surface area (Å²) in [5, 5.41) is 0. The van der Waals surface area contributed by atoms with E-state index in [1.165, 1.54) is 16.7 Å². The topological polar surface area (TPSA) is 43.4 Å². The van der Waals surface area contributed by atoms with Crippen molar-refractivity contribution in [1.82, 2.24) is 0 Å². The number of carbonyl (C=O) groups is 2. The molecule has 3 aromatic carbocycles. The van der Waals surface area contributed by atoms with Gasteiger partial charge in [-0.2, -0.15) is 0 Å². The Kier molecular flexibility index (Phi) is 6.09. The van der Waals surface area contributed by atoms with Crippen molar-refractivity contribution >= 4 is 22.6 Å². The van der Waals surface area contributed by atoms with Gasteiger partial charge in [-0.05, 0) is 62.4 Å². The molecule has 3 nitrogen and oxygen atoms in total. The van der Waals surface area contributed by atoms with Crippen LogP contribution in [0.15, 0.2) is 99.6 Å². The molecular formula is C23H21O3S+. The summed E-state index contributed by atoms with van der Waals surface area (Å²) in [5.41, 5.74) is 0. The molecule has 0 saturated heterocycles. The second-order valence-corrected chi connectivity index (χ2v) is 8.18. The number of ketones is 1. The molecule has 0 fully saturated rings. The van der Waals surface area contributed by atoms with E-state index >= 15 is 0 Å². The van der Waals surface area contributed by atoms with E-state index in [1.54, 1.807) is 19.1 Å². The number of rotatable bonds is 6. The van der Waals surface area contributed by atoms with Crippen LogP contribution in [0.1, 0.15) is 13.8 Å². The van der Waals surface area contributed by atoms with Gasteiger partial charge in [0, 0.05) is 0 Å². The van der Waals surface area contributed by atoms with Crippen molar-refractivity contribution in [3.05, 3.63) is 84.9 Å². The molecule has 0 spiro atoms. The normalized spacial score (nSPS) is 11.8. The van der Waals surface area contributed by atoms with E-state index in [1.807, 2.05) is 48.5 Å². The summed E-state index contributed by atoms with van der Waals surface area (Å²) in [5.74, 6) is -1.04. The molecule has 1 atom stereocenters. The van der Waals surface area contributed by atoms with Crippen LogP contribution in [0.25, 0.3) is 0 Å². The fourth-order valence-corrected chi connectivity index (χ4v) is 4.62. The minimum absolute atomic E-state index is 0.202. The maximum absolute atomic E-state index is 12.0. The summed E-state index contributed by atoms with van der Waals surface area (Å²) in [4.78, 5) is 26.9. The minimum atomic E-state index is -0.757. The molecule has 0 aliphatic carbocycles. The van der Waals surface area contributed by atoms with E-state index < -0.39 is 11.9 Å². The van der Waals surface area contributed by atoms with Crippen LogP contribution in [0.4, 0.5) is 0 Å². The summed E-state index contributed by atoms with van der Waals surface area (Å²) in [6, 6.07) is 28.2. The molecule has 27 heavy (non-hydrogen) atoms. The Morgan fingerprint density at radius 2 is 1.19 bits per heavy atom. The van der Waals surface area contributed by atoms with Gasteiger partial charge >= 0.3 is 5.97 Å². The Morgan fingerprint density at radius 1 is 0.741 bits per heavy atom. The zero-order chi connectivity index (χ0) is 19.2. The summed E-state index contributed by atoms with van der Waals surface area (Å²) in [6.07, 6.45) is 0. The molecule has 0 radical (unpaired) electrons. The van der Waals surface area contributed by atoms with E-state index in [0.29, 0.717) is 5.75 Å². The van der Waals surface area contributed by atoms with Gasteiger partial charge in [0.25, 0.3) is 0 Å². The molecule has 0 amide bonds. The van der Waals surface area contributed by atoms with Crippen molar-refractivity contribution in [3.8, 4) is 5.75 Å². The zero-order valence-corrected chi connectivity index (χ0v) is 16.1. The molecule has 3 rings (SSSR count). The minimum Gasteiger partial charge on any atom is -0.426 e. The molecule has 4 heteroatoms. The van der Waals surface area contributed by atoms with Crippen LogP contribution in [-0.2, 0) is 20.5 Å². The molecule has 0 aliphatic heterocycles. The highest BCUT2D eigenvalue weighted by Crippen LogP contribution is 2.31. The molecule has 0 aliphatic rings. The highest BCUT2D eigenvalue weighted by Gasteiger charge is 2.28. The van der Waals surface area contributed by atoms with E-state index in [-0.39, 0.29) is 16.7 Å². The van der Waals surface area contributed by atoms with Crippen LogP contribution in [0, 0.1) is 5.92 Å². The monoisotopic (exact) mass is 377 g/mol. The number of ether oxygens (including phenoxy) is 1. The van der Waals surface area contributed by atoms with Crippen LogP contribution < -0.4 is 4.74 Å². The maximum Gasteiger partial charge on any atom is 0.321 e. The number of hydrogen-bond acceptors (Lipinski definition) is 3. The number of carbonyl (C=O) groups excluding carboxylic acids is 2. The first-order chi connectivity index (χ1) is 13.1. The van der Waals surface area contributed by atoms with Crippen LogP contribution in [-0.4, -0.2) is 11.8 Å². The third kappa shape index (κ3) is 4.66. The second-order valence-electron chi connectivity index (χ2n) is 6.16. The van der Waals surface area contributed by atoms with Crippen molar-refractivity contribution in [1.29, 1.82) is 0 Å².